The van der Waals surface area contributed by atoms with Gasteiger partial charge in [-0.25, -0.2) is 0 Å². The Morgan fingerprint density at radius 3 is 2.41 bits per heavy atom. The Bertz CT molecular complexity index is 998. The van der Waals surface area contributed by atoms with Gasteiger partial charge in [-0.15, -0.1) is 0 Å². The fourth-order valence-electron chi connectivity index (χ4n) is 3.67. The second kappa shape index (κ2) is 7.48. The van der Waals surface area contributed by atoms with Crippen LogP contribution in [0.3, 0.4) is 0 Å². The number of fused-ring (bicyclic) bond motifs is 2. The first-order chi connectivity index (χ1) is 14.0. The van der Waals surface area contributed by atoms with Crippen LogP contribution in [-0.4, -0.2) is 55.3 Å². The standard InChI is InChI=1S/C21H19N3O5/c1-29-12-19(26)23-9-8-13-10-14(6-7-17(13)23)22-18(25)11-24-20(27)15-4-2-3-5-16(15)21(24)28/h2-7,10H,8-9,11-12H2,1H3,(H,22,25). The maximum absolute atomic E-state index is 12.4. The van der Waals surface area contributed by atoms with Crippen molar-refractivity contribution in [3.05, 3.63) is 59.2 Å². The third-order valence-electron chi connectivity index (χ3n) is 5.01. The first-order valence-electron chi connectivity index (χ1n) is 9.17. The molecule has 4 rings (SSSR count). The van der Waals surface area contributed by atoms with Crippen molar-refractivity contribution in [2.75, 3.05) is 37.0 Å². The lowest BCUT2D eigenvalue weighted by atomic mass is 10.1. The molecule has 2 aromatic rings. The Labute approximate surface area is 167 Å². The average Bonchev–Trinajstić information content (AvgIpc) is 3.23. The molecular formula is C21H19N3O5. The van der Waals surface area contributed by atoms with Crippen molar-refractivity contribution in [3.8, 4) is 0 Å². The van der Waals surface area contributed by atoms with Gasteiger partial charge in [0.15, 0.2) is 0 Å². The number of nitrogens with zero attached hydrogens (tertiary/aromatic N) is 2. The second-order valence-electron chi connectivity index (χ2n) is 6.86. The maximum Gasteiger partial charge on any atom is 0.262 e. The van der Waals surface area contributed by atoms with E-state index < -0.39 is 17.7 Å². The van der Waals surface area contributed by atoms with Crippen LogP contribution in [0.2, 0.25) is 0 Å². The van der Waals surface area contributed by atoms with Crippen molar-refractivity contribution >= 4 is 35.0 Å². The molecule has 0 unspecified atom stereocenters. The Morgan fingerprint density at radius 2 is 1.76 bits per heavy atom. The molecule has 148 valence electrons. The Balaban J connectivity index is 1.43. The van der Waals surface area contributed by atoms with Gasteiger partial charge in [0, 0.05) is 25.0 Å². The summed E-state index contributed by atoms with van der Waals surface area (Å²) in [5.74, 6) is -1.53. The third-order valence-corrected chi connectivity index (χ3v) is 5.01. The van der Waals surface area contributed by atoms with Gasteiger partial charge in [0.2, 0.25) is 5.91 Å². The molecule has 2 heterocycles. The number of carbonyl (C=O) groups is 4. The number of rotatable bonds is 5. The van der Waals surface area contributed by atoms with E-state index in [4.69, 9.17) is 4.74 Å². The zero-order valence-corrected chi connectivity index (χ0v) is 15.8. The molecule has 0 bridgehead atoms. The Hall–Kier alpha value is -3.52. The quantitative estimate of drug-likeness (QED) is 0.776. The fraction of sp³-hybridized carbons (Fsp3) is 0.238. The van der Waals surface area contributed by atoms with E-state index in [-0.39, 0.29) is 19.1 Å². The van der Waals surface area contributed by atoms with Gasteiger partial charge in [0.25, 0.3) is 17.7 Å². The zero-order valence-electron chi connectivity index (χ0n) is 15.8. The summed E-state index contributed by atoms with van der Waals surface area (Å²) in [5, 5.41) is 2.72. The largest absolute Gasteiger partial charge is 0.375 e. The molecule has 0 aliphatic carbocycles. The minimum Gasteiger partial charge on any atom is -0.375 e. The number of methoxy groups -OCH3 is 1. The monoisotopic (exact) mass is 393 g/mol. The molecule has 4 amide bonds. The van der Waals surface area contributed by atoms with Crippen LogP contribution in [-0.2, 0) is 20.7 Å². The lowest BCUT2D eigenvalue weighted by Crippen LogP contribution is -2.37. The summed E-state index contributed by atoms with van der Waals surface area (Å²) >= 11 is 0. The molecule has 2 aromatic carbocycles. The SMILES string of the molecule is COCC(=O)N1CCc2cc(NC(=O)CN3C(=O)c4ccccc4C3=O)ccc21. The fourth-order valence-corrected chi connectivity index (χ4v) is 3.67. The van der Waals surface area contributed by atoms with Crippen molar-refractivity contribution in [2.45, 2.75) is 6.42 Å². The molecule has 0 saturated heterocycles. The van der Waals surface area contributed by atoms with Gasteiger partial charge in [0.1, 0.15) is 13.2 Å². The van der Waals surface area contributed by atoms with E-state index in [2.05, 4.69) is 5.32 Å². The lowest BCUT2D eigenvalue weighted by Gasteiger charge is -2.17. The third kappa shape index (κ3) is 3.38. The van der Waals surface area contributed by atoms with Gasteiger partial charge in [-0.3, -0.25) is 24.1 Å². The van der Waals surface area contributed by atoms with Crippen LogP contribution in [0, 0.1) is 0 Å². The molecule has 0 radical (unpaired) electrons. The summed E-state index contributed by atoms with van der Waals surface area (Å²) in [5.41, 5.74) is 2.90. The van der Waals surface area contributed by atoms with E-state index in [1.807, 2.05) is 0 Å². The van der Waals surface area contributed by atoms with Gasteiger partial charge < -0.3 is 15.0 Å². The van der Waals surface area contributed by atoms with E-state index in [1.165, 1.54) is 7.11 Å². The molecule has 2 aliphatic rings. The highest BCUT2D eigenvalue weighted by atomic mass is 16.5. The van der Waals surface area contributed by atoms with Crippen molar-refractivity contribution < 1.29 is 23.9 Å². The smallest absolute Gasteiger partial charge is 0.262 e. The number of hydrogen-bond donors (Lipinski definition) is 1. The predicted molar refractivity (Wildman–Crippen MR) is 105 cm³/mol. The summed E-state index contributed by atoms with van der Waals surface area (Å²) in [6, 6.07) is 11.8. The van der Waals surface area contributed by atoms with E-state index in [9.17, 15) is 19.2 Å². The maximum atomic E-state index is 12.4. The van der Waals surface area contributed by atoms with E-state index in [0.717, 1.165) is 16.2 Å². The molecule has 0 aromatic heterocycles. The van der Waals surface area contributed by atoms with Crippen molar-refractivity contribution in [2.24, 2.45) is 0 Å². The van der Waals surface area contributed by atoms with E-state index >= 15 is 0 Å². The number of amides is 4. The number of nitrogens with one attached hydrogen (secondary N) is 1. The highest BCUT2D eigenvalue weighted by Gasteiger charge is 2.36. The van der Waals surface area contributed by atoms with Crippen LogP contribution in [0.25, 0.3) is 0 Å². The summed E-state index contributed by atoms with van der Waals surface area (Å²) in [6.07, 6.45) is 0.674. The number of ether oxygens (including phenoxy) is 1. The van der Waals surface area contributed by atoms with Crippen LogP contribution in [0.4, 0.5) is 11.4 Å². The number of hydrogen-bond acceptors (Lipinski definition) is 5. The molecule has 0 atom stereocenters. The van der Waals surface area contributed by atoms with Crippen molar-refractivity contribution in [3.63, 3.8) is 0 Å². The summed E-state index contributed by atoms with van der Waals surface area (Å²) in [4.78, 5) is 51.9. The van der Waals surface area contributed by atoms with Crippen LogP contribution in [0.5, 0.6) is 0 Å². The predicted octanol–water partition coefficient (Wildman–Crippen LogP) is 1.46. The molecule has 0 fully saturated rings. The Morgan fingerprint density at radius 1 is 1.07 bits per heavy atom. The van der Waals surface area contributed by atoms with Crippen LogP contribution in [0.15, 0.2) is 42.5 Å². The van der Waals surface area contributed by atoms with Gasteiger partial charge in [-0.2, -0.15) is 0 Å². The molecule has 0 saturated carbocycles. The first kappa shape index (κ1) is 18.8. The molecule has 1 N–H and O–H groups in total. The highest BCUT2D eigenvalue weighted by Crippen LogP contribution is 2.30. The molecule has 0 spiro atoms. The van der Waals surface area contributed by atoms with Crippen LogP contribution >= 0.6 is 0 Å². The molecule has 29 heavy (non-hydrogen) atoms. The van der Waals surface area contributed by atoms with E-state index in [0.29, 0.717) is 29.8 Å². The number of carbonyl (C=O) groups excluding carboxylic acids is 4. The zero-order chi connectivity index (χ0) is 20.5. The lowest BCUT2D eigenvalue weighted by molar-refractivity contribution is -0.122. The molecule has 2 aliphatic heterocycles. The number of anilines is 2. The Kier molecular flexibility index (Phi) is 4.85. The minimum atomic E-state index is -0.470. The average molecular weight is 393 g/mol. The van der Waals surface area contributed by atoms with Gasteiger partial charge in [-0.1, -0.05) is 12.1 Å². The van der Waals surface area contributed by atoms with Crippen LogP contribution < -0.4 is 10.2 Å². The number of benzene rings is 2. The summed E-state index contributed by atoms with van der Waals surface area (Å²) in [6.45, 7) is 0.212. The topological polar surface area (TPSA) is 96.0 Å². The van der Waals surface area contributed by atoms with Gasteiger partial charge in [-0.05, 0) is 42.3 Å². The second-order valence-corrected chi connectivity index (χ2v) is 6.86. The number of imide groups is 1. The normalized spacial score (nSPS) is 14.8. The highest BCUT2D eigenvalue weighted by molar-refractivity contribution is 6.22. The van der Waals surface area contributed by atoms with Crippen LogP contribution in [0.1, 0.15) is 26.3 Å². The molecule has 8 nitrogen and oxygen atoms in total. The van der Waals surface area contributed by atoms with Gasteiger partial charge in [0.05, 0.1) is 11.1 Å². The minimum absolute atomic E-state index is 0.0121. The summed E-state index contributed by atoms with van der Waals surface area (Å²) in [7, 11) is 1.47. The molecule has 8 heteroatoms. The summed E-state index contributed by atoms with van der Waals surface area (Å²) < 4.78 is 4.90. The van der Waals surface area contributed by atoms with Crippen molar-refractivity contribution in [1.29, 1.82) is 0 Å². The molecular weight excluding hydrogens is 374 g/mol. The van der Waals surface area contributed by atoms with E-state index in [1.54, 1.807) is 47.4 Å². The van der Waals surface area contributed by atoms with Gasteiger partial charge >= 0.3 is 0 Å². The van der Waals surface area contributed by atoms with Crippen molar-refractivity contribution in [1.82, 2.24) is 4.90 Å². The first-order valence-corrected chi connectivity index (χ1v) is 9.17.